The van der Waals surface area contributed by atoms with Crippen molar-refractivity contribution in [1.82, 2.24) is 0 Å². The van der Waals surface area contributed by atoms with Gasteiger partial charge in [-0.15, -0.1) is 0 Å². The van der Waals surface area contributed by atoms with Gasteiger partial charge in [-0.25, -0.2) is 8.42 Å². The average Bonchev–Trinajstić information content (AvgIpc) is 2.77. The van der Waals surface area contributed by atoms with E-state index in [9.17, 15) is 8.42 Å². The molecule has 0 aliphatic heterocycles. The summed E-state index contributed by atoms with van der Waals surface area (Å²) in [6.07, 6.45) is 2.58. The molecular weight excluding hydrogens is 456 g/mol. The molecule has 0 fully saturated rings. The molecule has 0 aromatic heterocycles. The molecule has 1 unspecified atom stereocenters. The van der Waals surface area contributed by atoms with Gasteiger partial charge in [-0.2, -0.15) is 0 Å². The predicted molar refractivity (Wildman–Crippen MR) is 134 cm³/mol. The van der Waals surface area contributed by atoms with Crippen molar-refractivity contribution in [3.8, 4) is 0 Å². The van der Waals surface area contributed by atoms with Gasteiger partial charge in [0.2, 0.25) is 0 Å². The predicted octanol–water partition coefficient (Wildman–Crippen LogP) is 5.57. The van der Waals surface area contributed by atoms with Crippen molar-refractivity contribution in [3.63, 3.8) is 0 Å². The highest BCUT2D eigenvalue weighted by atomic mass is 35.7. The Bertz CT molecular complexity index is 1150. The van der Waals surface area contributed by atoms with Crippen molar-refractivity contribution in [3.05, 3.63) is 90.0 Å². The van der Waals surface area contributed by atoms with Crippen LogP contribution >= 0.6 is 10.7 Å². The maximum Gasteiger partial charge on any atom is 0.261 e. The smallest absolute Gasteiger partial charge is 0.261 e. The lowest BCUT2D eigenvalue weighted by atomic mass is 9.90. The fourth-order valence-electron chi connectivity index (χ4n) is 4.92. The molecule has 0 radical (unpaired) electrons. The topological polar surface area (TPSA) is 43.4 Å². The van der Waals surface area contributed by atoms with Gasteiger partial charge in [0.1, 0.15) is 0 Å². The third-order valence-corrected chi connectivity index (χ3v) is 12.8. The third kappa shape index (κ3) is 4.31. The molecule has 0 N–H and O–H groups in total. The zero-order valence-corrected chi connectivity index (χ0v) is 21.3. The first-order chi connectivity index (χ1) is 15.1. The van der Waals surface area contributed by atoms with Gasteiger partial charge >= 0.3 is 0 Å². The van der Waals surface area contributed by atoms with Crippen LogP contribution in [0.5, 0.6) is 0 Å². The second-order valence-corrected chi connectivity index (χ2v) is 16.3. The van der Waals surface area contributed by atoms with Crippen LogP contribution in [-0.2, 0) is 19.9 Å². The van der Waals surface area contributed by atoms with Crippen LogP contribution in [0.3, 0.4) is 0 Å². The Kier molecular flexibility index (Phi) is 6.38. The van der Waals surface area contributed by atoms with Crippen LogP contribution in [-0.4, -0.2) is 16.7 Å². The monoisotopic (exact) mass is 484 g/mol. The van der Waals surface area contributed by atoms with Gasteiger partial charge in [0, 0.05) is 10.7 Å². The second-order valence-electron chi connectivity index (χ2n) is 9.46. The molecule has 0 amide bonds. The standard InChI is InChI=1S/C26H29ClO3SSi/c1-26(2,3)32(22-12-6-4-7-13-22,23-14-8-5-9-15-23)30-25-16-10-11-20-19-21(31(27,28)29)17-18-24(20)25/h4-9,12-15,17-19,25H,10-11,16H2,1-3H3. The van der Waals surface area contributed by atoms with Crippen LogP contribution < -0.4 is 10.4 Å². The van der Waals surface area contributed by atoms with E-state index in [-0.39, 0.29) is 16.0 Å². The van der Waals surface area contributed by atoms with Crippen molar-refractivity contribution >= 4 is 38.4 Å². The molecule has 3 aromatic rings. The van der Waals surface area contributed by atoms with E-state index >= 15 is 0 Å². The van der Waals surface area contributed by atoms with Gasteiger partial charge in [-0.3, -0.25) is 0 Å². The summed E-state index contributed by atoms with van der Waals surface area (Å²) in [6, 6.07) is 26.4. The summed E-state index contributed by atoms with van der Waals surface area (Å²) in [5.41, 5.74) is 2.09. The fourth-order valence-corrected chi connectivity index (χ4v) is 10.4. The zero-order valence-electron chi connectivity index (χ0n) is 18.7. The molecule has 0 heterocycles. The number of hydrogen-bond acceptors (Lipinski definition) is 3. The molecule has 1 atom stereocenters. The number of halogens is 1. The normalized spacial score (nSPS) is 17.1. The van der Waals surface area contributed by atoms with Crippen LogP contribution in [0, 0.1) is 0 Å². The van der Waals surface area contributed by atoms with Crippen molar-refractivity contribution in [2.75, 3.05) is 0 Å². The zero-order chi connectivity index (χ0) is 23.0. The molecule has 1 aliphatic rings. The number of benzene rings is 3. The van der Waals surface area contributed by atoms with Crippen molar-refractivity contribution in [2.45, 2.75) is 56.1 Å². The Balaban J connectivity index is 1.87. The van der Waals surface area contributed by atoms with Gasteiger partial charge in [-0.05, 0) is 57.9 Å². The Morgan fingerprint density at radius 1 is 0.906 bits per heavy atom. The maximum absolute atomic E-state index is 11.9. The minimum absolute atomic E-state index is 0.0999. The molecule has 6 heteroatoms. The summed E-state index contributed by atoms with van der Waals surface area (Å²) in [5, 5.41) is 2.36. The highest BCUT2D eigenvalue weighted by molar-refractivity contribution is 8.13. The second kappa shape index (κ2) is 8.79. The summed E-state index contributed by atoms with van der Waals surface area (Å²) in [5.74, 6) is 0. The lowest BCUT2D eigenvalue weighted by molar-refractivity contribution is 0.169. The van der Waals surface area contributed by atoms with Gasteiger partial charge < -0.3 is 4.43 Å². The van der Waals surface area contributed by atoms with E-state index in [0.717, 1.165) is 30.4 Å². The fraction of sp³-hybridized carbons (Fsp3) is 0.308. The van der Waals surface area contributed by atoms with Crippen molar-refractivity contribution in [2.24, 2.45) is 0 Å². The summed E-state index contributed by atoms with van der Waals surface area (Å²) in [7, 11) is -0.846. The molecule has 0 saturated carbocycles. The van der Waals surface area contributed by atoms with E-state index in [1.807, 2.05) is 18.2 Å². The molecule has 32 heavy (non-hydrogen) atoms. The Hall–Kier alpha value is -1.92. The third-order valence-electron chi connectivity index (χ3n) is 6.39. The van der Waals surface area contributed by atoms with E-state index in [0.29, 0.717) is 0 Å². The first-order valence-electron chi connectivity index (χ1n) is 11.0. The number of hydrogen-bond donors (Lipinski definition) is 0. The lowest BCUT2D eigenvalue weighted by Crippen LogP contribution is -2.67. The van der Waals surface area contributed by atoms with Gasteiger partial charge in [-0.1, -0.05) is 87.5 Å². The first-order valence-corrected chi connectivity index (χ1v) is 15.2. The minimum atomic E-state index is -3.76. The minimum Gasteiger partial charge on any atom is -0.400 e. The van der Waals surface area contributed by atoms with E-state index in [2.05, 4.69) is 69.3 Å². The summed E-state index contributed by atoms with van der Waals surface area (Å²) >= 11 is 0. The largest absolute Gasteiger partial charge is 0.400 e. The van der Waals surface area contributed by atoms with Crippen molar-refractivity contribution in [1.29, 1.82) is 0 Å². The van der Waals surface area contributed by atoms with E-state index in [1.54, 1.807) is 12.1 Å². The van der Waals surface area contributed by atoms with E-state index < -0.39 is 17.4 Å². The Morgan fingerprint density at radius 3 is 1.97 bits per heavy atom. The lowest BCUT2D eigenvalue weighted by Gasteiger charge is -2.46. The molecular formula is C26H29ClO3SSi. The average molecular weight is 485 g/mol. The highest BCUT2D eigenvalue weighted by Crippen LogP contribution is 2.43. The van der Waals surface area contributed by atoms with Crippen LogP contribution in [0.1, 0.15) is 50.8 Å². The van der Waals surface area contributed by atoms with Crippen LogP contribution in [0.15, 0.2) is 83.8 Å². The molecule has 168 valence electrons. The van der Waals surface area contributed by atoms with Gasteiger partial charge in [0.05, 0.1) is 11.0 Å². The molecule has 3 aromatic carbocycles. The van der Waals surface area contributed by atoms with Gasteiger partial charge in [0.15, 0.2) is 0 Å². The maximum atomic E-state index is 11.9. The Labute approximate surface area is 197 Å². The number of rotatable bonds is 5. The SMILES string of the molecule is CC(C)(C)[Si](OC1CCCc2cc(S(=O)(=O)Cl)ccc21)(c1ccccc1)c1ccccc1. The van der Waals surface area contributed by atoms with Crippen LogP contribution in [0.4, 0.5) is 0 Å². The highest BCUT2D eigenvalue weighted by Gasteiger charge is 2.51. The molecule has 0 spiro atoms. The Morgan fingerprint density at radius 2 is 1.47 bits per heavy atom. The molecule has 0 saturated heterocycles. The number of aryl methyl sites for hydroxylation is 1. The van der Waals surface area contributed by atoms with Gasteiger partial charge in [0.25, 0.3) is 17.4 Å². The number of fused-ring (bicyclic) bond motifs is 1. The summed E-state index contributed by atoms with van der Waals surface area (Å²) in [6.45, 7) is 6.81. The van der Waals surface area contributed by atoms with Crippen LogP contribution in [0.25, 0.3) is 0 Å². The molecule has 4 rings (SSSR count). The molecule has 1 aliphatic carbocycles. The first kappa shape index (κ1) is 23.2. The molecule has 0 bridgehead atoms. The summed E-state index contributed by atoms with van der Waals surface area (Å²) < 4.78 is 31.1. The van der Waals surface area contributed by atoms with Crippen LogP contribution in [0.2, 0.25) is 5.04 Å². The van der Waals surface area contributed by atoms with E-state index in [4.69, 9.17) is 15.1 Å². The van der Waals surface area contributed by atoms with E-state index in [1.165, 1.54) is 10.4 Å². The molecule has 3 nitrogen and oxygen atoms in total. The van der Waals surface area contributed by atoms with Crippen molar-refractivity contribution < 1.29 is 12.8 Å². The summed E-state index contributed by atoms with van der Waals surface area (Å²) in [4.78, 5) is 0.156. The quantitative estimate of drug-likeness (QED) is 0.351.